The fraction of sp³-hybridized carbons (Fsp3) is 0.214. The molecule has 0 saturated carbocycles. The second-order valence-electron chi connectivity index (χ2n) is 8.53. The number of hydrogen-bond donors (Lipinski definition) is 0. The minimum absolute atomic E-state index is 0.0541. The molecule has 0 spiro atoms. The Morgan fingerprint density at radius 2 is 1.70 bits per heavy atom. The summed E-state index contributed by atoms with van der Waals surface area (Å²) < 4.78 is 0. The maximum atomic E-state index is 13.3. The lowest BCUT2D eigenvalue weighted by molar-refractivity contribution is 0.0857. The highest BCUT2D eigenvalue weighted by Crippen LogP contribution is 2.32. The Bertz CT molecular complexity index is 1250. The first kappa shape index (κ1) is 21.0. The lowest BCUT2D eigenvalue weighted by Gasteiger charge is -2.13. The third-order valence-corrected chi connectivity index (χ3v) is 6.16. The summed E-state index contributed by atoms with van der Waals surface area (Å²) in [5.74, 6) is 0.147. The summed E-state index contributed by atoms with van der Waals surface area (Å²) in [6, 6.07) is 26.2. The number of nitrogens with zero attached hydrogens (tertiary/aromatic N) is 3. The second-order valence-corrected chi connectivity index (χ2v) is 8.53. The zero-order chi connectivity index (χ0) is 22.6. The van der Waals surface area contributed by atoms with E-state index in [2.05, 4.69) is 45.7 Å². The number of oxime groups is 1. The Morgan fingerprint density at radius 1 is 0.970 bits per heavy atom. The number of carbonyl (C=O) groups is 1. The van der Waals surface area contributed by atoms with Crippen molar-refractivity contribution in [3.63, 3.8) is 0 Å². The molecule has 0 aromatic heterocycles. The summed E-state index contributed by atoms with van der Waals surface area (Å²) in [5.41, 5.74) is 6.58. The van der Waals surface area contributed by atoms with Crippen molar-refractivity contribution in [2.45, 2.75) is 32.3 Å². The van der Waals surface area contributed by atoms with Crippen LogP contribution in [0.5, 0.6) is 0 Å². The van der Waals surface area contributed by atoms with E-state index in [1.54, 1.807) is 6.21 Å². The van der Waals surface area contributed by atoms with Crippen molar-refractivity contribution >= 4 is 23.4 Å². The molecule has 0 radical (unpaired) electrons. The van der Waals surface area contributed by atoms with Gasteiger partial charge in [0.1, 0.15) is 0 Å². The Hall–Kier alpha value is -3.86. The largest absolute Gasteiger partial charge is 0.387 e. The number of ketones is 1. The molecule has 5 rings (SSSR count). The maximum Gasteiger partial charge on any atom is 0.163 e. The van der Waals surface area contributed by atoms with Crippen molar-refractivity contribution in [1.29, 1.82) is 0 Å². The zero-order valence-electron chi connectivity index (χ0n) is 18.5. The number of rotatable bonds is 7. The van der Waals surface area contributed by atoms with Crippen LogP contribution in [-0.4, -0.2) is 23.4 Å². The highest BCUT2D eigenvalue weighted by Gasteiger charge is 2.25. The van der Waals surface area contributed by atoms with E-state index in [1.165, 1.54) is 0 Å². The van der Waals surface area contributed by atoms with E-state index in [0.717, 1.165) is 40.1 Å². The highest BCUT2D eigenvalue weighted by atomic mass is 16.6. The third-order valence-electron chi connectivity index (χ3n) is 6.16. The van der Waals surface area contributed by atoms with Gasteiger partial charge in [-0.15, -0.1) is 0 Å². The first-order valence-corrected chi connectivity index (χ1v) is 11.3. The van der Waals surface area contributed by atoms with E-state index in [-0.39, 0.29) is 17.8 Å². The van der Waals surface area contributed by atoms with Gasteiger partial charge in [0.2, 0.25) is 0 Å². The van der Waals surface area contributed by atoms with Gasteiger partial charge in [0, 0.05) is 48.2 Å². The molecular formula is C28H25N3O2. The van der Waals surface area contributed by atoms with Crippen molar-refractivity contribution in [3.05, 3.63) is 95.6 Å². The predicted molar refractivity (Wildman–Crippen MR) is 132 cm³/mol. The quantitative estimate of drug-likeness (QED) is 0.411. The standard InChI is InChI=1S/C28H25N3O2/c1-19(25-12-13-29-30-25)14-27(32)24-16-22(20-8-4-2-5-9-20)15-23(17-24)26-18-28(33-31-26)21-10-6-3-7-11-21/h2-11,13,15-17,19,28H,12,14,18H2,1H3/t19-,28?/m0/s1. The van der Waals surface area contributed by atoms with Gasteiger partial charge in [0.25, 0.3) is 0 Å². The van der Waals surface area contributed by atoms with Crippen LogP contribution in [0.2, 0.25) is 0 Å². The maximum absolute atomic E-state index is 13.3. The van der Waals surface area contributed by atoms with Gasteiger partial charge < -0.3 is 4.84 Å². The van der Waals surface area contributed by atoms with E-state index in [9.17, 15) is 4.79 Å². The van der Waals surface area contributed by atoms with Gasteiger partial charge in [0.15, 0.2) is 11.9 Å². The monoisotopic (exact) mass is 435 g/mol. The van der Waals surface area contributed by atoms with Gasteiger partial charge >= 0.3 is 0 Å². The van der Waals surface area contributed by atoms with Gasteiger partial charge in [-0.2, -0.15) is 10.2 Å². The molecule has 2 heterocycles. The lowest BCUT2D eigenvalue weighted by Crippen LogP contribution is -2.15. The first-order chi connectivity index (χ1) is 16.2. The molecule has 33 heavy (non-hydrogen) atoms. The van der Waals surface area contributed by atoms with Crippen LogP contribution in [0.25, 0.3) is 11.1 Å². The summed E-state index contributed by atoms with van der Waals surface area (Å²) in [4.78, 5) is 19.0. The summed E-state index contributed by atoms with van der Waals surface area (Å²) in [6.07, 6.45) is 3.46. The van der Waals surface area contributed by atoms with Crippen LogP contribution in [0.15, 0.2) is 94.2 Å². The van der Waals surface area contributed by atoms with E-state index in [1.807, 2.05) is 55.5 Å². The molecule has 2 atom stereocenters. The molecule has 1 unspecified atom stereocenters. The molecule has 2 aliphatic heterocycles. The SMILES string of the molecule is C[C@@H](CC(=O)c1cc(C2=NOC(c3ccccc3)C2)cc(-c2ccccc2)c1)C1=NN=CC1. The van der Waals surface area contributed by atoms with Gasteiger partial charge in [-0.1, -0.05) is 72.7 Å². The molecule has 0 amide bonds. The summed E-state index contributed by atoms with van der Waals surface area (Å²) in [5, 5.41) is 12.5. The zero-order valence-corrected chi connectivity index (χ0v) is 18.5. The van der Waals surface area contributed by atoms with Crippen molar-refractivity contribution in [3.8, 4) is 11.1 Å². The molecule has 5 nitrogen and oxygen atoms in total. The average Bonchev–Trinajstić information content (AvgIpc) is 3.58. The van der Waals surface area contributed by atoms with E-state index in [0.29, 0.717) is 18.4 Å². The van der Waals surface area contributed by atoms with Crippen LogP contribution in [0.4, 0.5) is 0 Å². The molecule has 0 N–H and O–H groups in total. The van der Waals surface area contributed by atoms with E-state index in [4.69, 9.17) is 4.84 Å². The highest BCUT2D eigenvalue weighted by molar-refractivity contribution is 6.07. The molecule has 0 aliphatic carbocycles. The third kappa shape index (κ3) is 4.67. The molecule has 5 heteroatoms. The predicted octanol–water partition coefficient (Wildman–Crippen LogP) is 6.26. The van der Waals surface area contributed by atoms with Gasteiger partial charge in [-0.3, -0.25) is 4.79 Å². The van der Waals surface area contributed by atoms with Gasteiger partial charge in [-0.05, 0) is 34.9 Å². The van der Waals surface area contributed by atoms with E-state index >= 15 is 0 Å². The molecular weight excluding hydrogens is 410 g/mol. The van der Waals surface area contributed by atoms with Crippen LogP contribution in [-0.2, 0) is 4.84 Å². The molecule has 2 aliphatic rings. The first-order valence-electron chi connectivity index (χ1n) is 11.3. The number of benzene rings is 3. The molecule has 3 aromatic carbocycles. The smallest absolute Gasteiger partial charge is 0.163 e. The van der Waals surface area contributed by atoms with Crippen LogP contribution in [0.1, 0.15) is 53.8 Å². The van der Waals surface area contributed by atoms with Crippen LogP contribution in [0, 0.1) is 5.92 Å². The summed E-state index contributed by atoms with van der Waals surface area (Å²) >= 11 is 0. The van der Waals surface area contributed by atoms with E-state index < -0.39 is 0 Å². The fourth-order valence-corrected chi connectivity index (χ4v) is 4.25. The van der Waals surface area contributed by atoms with Gasteiger partial charge in [0.05, 0.1) is 5.71 Å². The molecule has 3 aromatic rings. The topological polar surface area (TPSA) is 63.4 Å². The molecule has 0 bridgehead atoms. The van der Waals surface area contributed by atoms with Crippen molar-refractivity contribution in [1.82, 2.24) is 0 Å². The normalized spacial score (nSPS) is 17.9. The summed E-state index contributed by atoms with van der Waals surface area (Å²) in [7, 11) is 0. The number of carbonyl (C=O) groups excluding carboxylic acids is 1. The van der Waals surface area contributed by atoms with Crippen molar-refractivity contribution < 1.29 is 9.63 Å². The second kappa shape index (κ2) is 9.33. The number of Topliss-reactive ketones (excluding diaryl/α,β-unsaturated/α-hetero) is 1. The minimum Gasteiger partial charge on any atom is -0.387 e. The lowest BCUT2D eigenvalue weighted by atomic mass is 9.90. The van der Waals surface area contributed by atoms with Crippen molar-refractivity contribution in [2.24, 2.45) is 21.3 Å². The molecule has 0 saturated heterocycles. The Morgan fingerprint density at radius 3 is 2.42 bits per heavy atom. The Kier molecular flexibility index (Phi) is 5.94. The van der Waals surface area contributed by atoms with Crippen molar-refractivity contribution in [2.75, 3.05) is 0 Å². The Balaban J connectivity index is 1.44. The Labute approximate surface area is 193 Å². The molecule has 164 valence electrons. The van der Waals surface area contributed by atoms with Crippen LogP contribution in [0.3, 0.4) is 0 Å². The fourth-order valence-electron chi connectivity index (χ4n) is 4.25. The van der Waals surface area contributed by atoms with Crippen LogP contribution >= 0.6 is 0 Å². The average molecular weight is 436 g/mol. The van der Waals surface area contributed by atoms with Crippen LogP contribution < -0.4 is 0 Å². The molecule has 0 fully saturated rings. The van der Waals surface area contributed by atoms with Gasteiger partial charge in [-0.25, -0.2) is 0 Å². The number of hydrogen-bond acceptors (Lipinski definition) is 5. The summed E-state index contributed by atoms with van der Waals surface area (Å²) in [6.45, 7) is 2.03. The minimum atomic E-state index is -0.110.